The van der Waals surface area contributed by atoms with E-state index in [0.29, 0.717) is 22.3 Å². The van der Waals surface area contributed by atoms with Gasteiger partial charge in [0, 0.05) is 58.9 Å². The number of pyridine rings is 2. The Hall–Kier alpha value is -4.53. The number of aromatic nitrogens is 2. The lowest BCUT2D eigenvalue weighted by molar-refractivity contribution is 0.102. The number of carbonyl (C=O) groups is 1. The van der Waals surface area contributed by atoms with Crippen LogP contribution in [0.2, 0.25) is 0 Å². The molecule has 0 saturated heterocycles. The van der Waals surface area contributed by atoms with Crippen LogP contribution in [0.5, 0.6) is 0 Å². The summed E-state index contributed by atoms with van der Waals surface area (Å²) in [6.45, 7) is 2.69. The Bertz CT molecular complexity index is 1660. The van der Waals surface area contributed by atoms with Gasteiger partial charge >= 0.3 is 0 Å². The minimum absolute atomic E-state index is 0.157. The number of fused-ring (bicyclic) bond motifs is 3. The van der Waals surface area contributed by atoms with Gasteiger partial charge in [-0.15, -0.1) is 0 Å². The van der Waals surface area contributed by atoms with Gasteiger partial charge in [-0.1, -0.05) is 24.3 Å². The molecule has 1 amide bonds. The van der Waals surface area contributed by atoms with Crippen molar-refractivity contribution in [2.45, 2.75) is 6.54 Å². The number of benzene rings is 3. The third-order valence-corrected chi connectivity index (χ3v) is 6.62. The lowest BCUT2D eigenvalue weighted by atomic mass is 10.0. The average molecular weight is 521 g/mol. The number of hydrogen-bond donors (Lipinski definition) is 3. The molecular weight excluding hydrogens is 488 g/mol. The first kappa shape index (κ1) is 26.1. The Morgan fingerprint density at radius 1 is 0.872 bits per heavy atom. The fraction of sp³-hybridized carbons (Fsp3) is 0.194. The molecule has 5 rings (SSSR count). The molecule has 8 heteroatoms. The van der Waals surface area contributed by atoms with Crippen LogP contribution in [0.3, 0.4) is 0 Å². The van der Waals surface area contributed by atoms with E-state index < -0.39 is 0 Å². The number of aromatic amines is 1. The number of anilines is 3. The van der Waals surface area contributed by atoms with E-state index in [4.69, 9.17) is 0 Å². The maximum atomic E-state index is 12.8. The van der Waals surface area contributed by atoms with E-state index in [1.165, 1.54) is 0 Å². The number of hydrogen-bond acceptors (Lipinski definition) is 6. The first-order chi connectivity index (χ1) is 18.9. The lowest BCUT2D eigenvalue weighted by Gasteiger charge is -2.19. The molecule has 0 radical (unpaired) electrons. The third-order valence-electron chi connectivity index (χ3n) is 6.62. The van der Waals surface area contributed by atoms with Crippen molar-refractivity contribution in [3.63, 3.8) is 0 Å². The highest BCUT2D eigenvalue weighted by Crippen LogP contribution is 2.30. The second kappa shape index (κ2) is 11.5. The largest absolute Gasteiger partial charge is 0.355 e. The van der Waals surface area contributed by atoms with Crippen LogP contribution in [-0.2, 0) is 6.54 Å². The standard InChI is InChI=1S/C31H32N6O2/c1-36(2)17-18-37(3)20-21-9-14-25-26(19-21)28-27(15-16-32-29(28)35-31(25)39)33-23-10-12-24(13-11-23)34-30(38)22-7-5-4-6-8-22/h4-16,19H,17-18,20H2,1-3H3,(H,34,38)(H2,32,33,35,39). The molecule has 198 valence electrons. The predicted molar refractivity (Wildman–Crippen MR) is 159 cm³/mol. The van der Waals surface area contributed by atoms with Crippen LogP contribution < -0.4 is 16.2 Å². The topological polar surface area (TPSA) is 93.4 Å². The molecule has 0 spiro atoms. The van der Waals surface area contributed by atoms with Crippen molar-refractivity contribution in [2.75, 3.05) is 44.9 Å². The van der Waals surface area contributed by atoms with Crippen LogP contribution in [0.1, 0.15) is 15.9 Å². The average Bonchev–Trinajstić information content (AvgIpc) is 2.93. The van der Waals surface area contributed by atoms with Crippen LogP contribution in [0.25, 0.3) is 21.8 Å². The first-order valence-corrected chi connectivity index (χ1v) is 12.9. The number of H-pyrrole nitrogens is 1. The summed E-state index contributed by atoms with van der Waals surface area (Å²) in [5.41, 5.74) is 4.48. The summed E-state index contributed by atoms with van der Waals surface area (Å²) in [5, 5.41) is 8.73. The molecule has 3 N–H and O–H groups in total. The lowest BCUT2D eigenvalue weighted by Crippen LogP contribution is -2.28. The molecule has 39 heavy (non-hydrogen) atoms. The quantitative estimate of drug-likeness (QED) is 0.235. The number of nitrogens with zero attached hydrogens (tertiary/aromatic N) is 3. The van der Waals surface area contributed by atoms with E-state index in [1.807, 2.05) is 60.7 Å². The molecular formula is C31H32N6O2. The molecule has 2 heterocycles. The molecule has 0 aliphatic heterocycles. The Balaban J connectivity index is 1.43. The molecule has 0 unspecified atom stereocenters. The Kier molecular flexibility index (Phi) is 7.67. The predicted octanol–water partition coefficient (Wildman–Crippen LogP) is 5.07. The molecule has 8 nitrogen and oxygen atoms in total. The van der Waals surface area contributed by atoms with E-state index in [0.717, 1.165) is 47.3 Å². The van der Waals surface area contributed by atoms with Gasteiger partial charge in [0.1, 0.15) is 5.65 Å². The fourth-order valence-corrected chi connectivity index (χ4v) is 4.55. The minimum Gasteiger partial charge on any atom is -0.355 e. The van der Waals surface area contributed by atoms with Crippen molar-refractivity contribution in [3.05, 3.63) is 107 Å². The molecule has 2 aromatic heterocycles. The molecule has 5 aromatic rings. The fourth-order valence-electron chi connectivity index (χ4n) is 4.55. The Morgan fingerprint density at radius 3 is 2.36 bits per heavy atom. The van der Waals surface area contributed by atoms with E-state index in [1.54, 1.807) is 18.3 Å². The van der Waals surface area contributed by atoms with Gasteiger partial charge in [-0.3, -0.25) is 9.59 Å². The maximum Gasteiger partial charge on any atom is 0.257 e. The summed E-state index contributed by atoms with van der Waals surface area (Å²) in [7, 11) is 6.24. The summed E-state index contributed by atoms with van der Waals surface area (Å²) in [6.07, 6.45) is 1.68. The van der Waals surface area contributed by atoms with Crippen molar-refractivity contribution < 1.29 is 4.79 Å². The molecule has 0 fully saturated rings. The molecule has 0 saturated carbocycles. The number of rotatable bonds is 9. The second-order valence-electron chi connectivity index (χ2n) is 9.98. The van der Waals surface area contributed by atoms with Gasteiger partial charge in [-0.05, 0) is 81.3 Å². The molecule has 0 atom stereocenters. The van der Waals surface area contributed by atoms with Crippen molar-refractivity contribution >= 4 is 44.8 Å². The minimum atomic E-state index is -0.159. The van der Waals surface area contributed by atoms with Gasteiger partial charge in [0.2, 0.25) is 0 Å². The summed E-state index contributed by atoms with van der Waals surface area (Å²) in [4.78, 5) is 37.1. The summed E-state index contributed by atoms with van der Waals surface area (Å²) < 4.78 is 0. The number of likely N-dealkylation sites (N-methyl/N-ethyl adjacent to an activating group) is 2. The maximum absolute atomic E-state index is 12.8. The van der Waals surface area contributed by atoms with Crippen molar-refractivity contribution in [2.24, 2.45) is 0 Å². The van der Waals surface area contributed by atoms with Crippen molar-refractivity contribution in [1.29, 1.82) is 0 Å². The van der Waals surface area contributed by atoms with E-state index >= 15 is 0 Å². The monoisotopic (exact) mass is 520 g/mol. The van der Waals surface area contributed by atoms with Gasteiger partial charge in [0.15, 0.2) is 0 Å². The van der Waals surface area contributed by atoms with Crippen molar-refractivity contribution in [3.8, 4) is 0 Å². The van der Waals surface area contributed by atoms with Gasteiger partial charge in [-0.25, -0.2) is 4.98 Å². The highest BCUT2D eigenvalue weighted by atomic mass is 16.1. The molecule has 0 aliphatic rings. The van der Waals surface area contributed by atoms with Crippen LogP contribution >= 0.6 is 0 Å². The van der Waals surface area contributed by atoms with Crippen LogP contribution in [0, 0.1) is 0 Å². The third kappa shape index (κ3) is 6.14. The highest BCUT2D eigenvalue weighted by molar-refractivity contribution is 6.11. The Morgan fingerprint density at radius 2 is 1.62 bits per heavy atom. The van der Waals surface area contributed by atoms with E-state index in [-0.39, 0.29) is 11.5 Å². The van der Waals surface area contributed by atoms with Gasteiger partial charge < -0.3 is 25.4 Å². The van der Waals surface area contributed by atoms with Crippen LogP contribution in [0.4, 0.5) is 17.1 Å². The number of carbonyl (C=O) groups excluding carboxylic acids is 1. The van der Waals surface area contributed by atoms with Gasteiger partial charge in [-0.2, -0.15) is 0 Å². The highest BCUT2D eigenvalue weighted by Gasteiger charge is 2.13. The van der Waals surface area contributed by atoms with Crippen LogP contribution in [0.15, 0.2) is 89.9 Å². The van der Waals surface area contributed by atoms with Gasteiger partial charge in [0.25, 0.3) is 11.5 Å². The summed E-state index contributed by atoms with van der Waals surface area (Å²) in [5.74, 6) is -0.157. The first-order valence-electron chi connectivity index (χ1n) is 12.9. The smallest absolute Gasteiger partial charge is 0.257 e. The zero-order chi connectivity index (χ0) is 27.4. The van der Waals surface area contributed by atoms with E-state index in [9.17, 15) is 9.59 Å². The molecule has 0 aliphatic carbocycles. The van der Waals surface area contributed by atoms with E-state index in [2.05, 4.69) is 57.6 Å². The normalized spacial score (nSPS) is 11.4. The van der Waals surface area contributed by atoms with Crippen molar-refractivity contribution in [1.82, 2.24) is 19.8 Å². The summed E-state index contributed by atoms with van der Waals surface area (Å²) in [6, 6.07) is 24.5. The van der Waals surface area contributed by atoms with Gasteiger partial charge in [0.05, 0.1) is 5.69 Å². The molecule has 3 aromatic carbocycles. The zero-order valence-electron chi connectivity index (χ0n) is 22.4. The number of amides is 1. The Labute approximate surface area is 227 Å². The number of nitrogens with one attached hydrogen (secondary N) is 3. The second-order valence-corrected chi connectivity index (χ2v) is 9.98. The zero-order valence-corrected chi connectivity index (χ0v) is 22.4. The summed E-state index contributed by atoms with van der Waals surface area (Å²) >= 11 is 0. The van der Waals surface area contributed by atoms with Crippen LogP contribution in [-0.4, -0.2) is 59.9 Å². The molecule has 0 bridgehead atoms. The SMILES string of the molecule is CN(C)CCN(C)Cc1ccc2c(=O)[nH]c3nccc(Nc4ccc(NC(=O)c5ccccc5)cc4)c3c2c1.